The van der Waals surface area contributed by atoms with Gasteiger partial charge in [0.05, 0.1) is 17.5 Å². The van der Waals surface area contributed by atoms with Gasteiger partial charge in [-0.15, -0.1) is 0 Å². The molecular formula is C19H28N4O2. The van der Waals surface area contributed by atoms with E-state index in [-0.39, 0.29) is 23.9 Å². The second-order valence-electron chi connectivity index (χ2n) is 6.46. The van der Waals surface area contributed by atoms with Gasteiger partial charge in [0.15, 0.2) is 0 Å². The van der Waals surface area contributed by atoms with Gasteiger partial charge >= 0.3 is 0 Å². The fraction of sp³-hybridized carbons (Fsp3) is 0.526. The number of benzene rings is 1. The number of nitrogens with one attached hydrogen (secondary N) is 1. The Morgan fingerprint density at radius 1 is 1.28 bits per heavy atom. The predicted molar refractivity (Wildman–Crippen MR) is 101 cm³/mol. The number of fused-ring (bicyclic) bond motifs is 1. The zero-order valence-corrected chi connectivity index (χ0v) is 15.6. The molecule has 0 saturated carbocycles. The molecule has 0 unspecified atom stereocenters. The molecule has 0 saturated heterocycles. The highest BCUT2D eigenvalue weighted by atomic mass is 16.2. The fourth-order valence-corrected chi connectivity index (χ4v) is 3.11. The molecule has 1 aromatic heterocycles. The first-order chi connectivity index (χ1) is 12.0. The maximum Gasteiger partial charge on any atom is 0.274 e. The van der Waals surface area contributed by atoms with E-state index in [1.165, 1.54) is 4.68 Å². The number of aromatic nitrogens is 2. The molecule has 1 N–H and O–H groups in total. The molecule has 1 aromatic carbocycles. The minimum absolute atomic E-state index is 0.0674. The molecular weight excluding hydrogens is 316 g/mol. The number of likely N-dealkylation sites (N-methyl/N-ethyl adjacent to an activating group) is 1. The van der Waals surface area contributed by atoms with E-state index in [4.69, 9.17) is 0 Å². The molecule has 2 aromatic rings. The number of aryl methyl sites for hydroxylation is 1. The van der Waals surface area contributed by atoms with Crippen LogP contribution in [0.3, 0.4) is 0 Å². The molecule has 25 heavy (non-hydrogen) atoms. The summed E-state index contributed by atoms with van der Waals surface area (Å²) in [5.41, 5.74) is 0.481. The van der Waals surface area contributed by atoms with Crippen molar-refractivity contribution in [1.29, 1.82) is 0 Å². The van der Waals surface area contributed by atoms with Crippen molar-refractivity contribution in [1.82, 2.24) is 20.0 Å². The average Bonchev–Trinajstić information content (AvgIpc) is 2.59. The number of rotatable bonds is 8. The van der Waals surface area contributed by atoms with Gasteiger partial charge < -0.3 is 10.2 Å². The minimum Gasteiger partial charge on any atom is -0.352 e. The third kappa shape index (κ3) is 4.89. The van der Waals surface area contributed by atoms with Crippen molar-refractivity contribution in [2.75, 3.05) is 19.6 Å². The number of hydrogen-bond acceptors (Lipinski definition) is 4. The van der Waals surface area contributed by atoms with Crippen LogP contribution in [-0.4, -0.2) is 46.3 Å². The molecule has 136 valence electrons. The van der Waals surface area contributed by atoms with E-state index in [9.17, 15) is 9.59 Å². The van der Waals surface area contributed by atoms with Crippen LogP contribution in [0.5, 0.6) is 0 Å². The number of nitrogens with zero attached hydrogens (tertiary/aromatic N) is 3. The summed E-state index contributed by atoms with van der Waals surface area (Å²) in [5.74, 6) is -0.0728. The summed E-state index contributed by atoms with van der Waals surface area (Å²) < 4.78 is 1.30. The maximum atomic E-state index is 12.4. The maximum absolute atomic E-state index is 12.4. The Hall–Kier alpha value is -2.21. The monoisotopic (exact) mass is 344 g/mol. The molecule has 6 nitrogen and oxygen atoms in total. The molecule has 2 rings (SSSR count). The van der Waals surface area contributed by atoms with Gasteiger partial charge in [-0.05, 0) is 32.5 Å². The lowest BCUT2D eigenvalue weighted by Crippen LogP contribution is -2.43. The van der Waals surface area contributed by atoms with Gasteiger partial charge in [0.1, 0.15) is 0 Å². The van der Waals surface area contributed by atoms with Crippen molar-refractivity contribution in [3.8, 4) is 0 Å². The summed E-state index contributed by atoms with van der Waals surface area (Å²) in [4.78, 5) is 26.9. The minimum atomic E-state index is -0.147. The van der Waals surface area contributed by atoms with E-state index in [0.29, 0.717) is 11.1 Å². The van der Waals surface area contributed by atoms with E-state index >= 15 is 0 Å². The van der Waals surface area contributed by atoms with Gasteiger partial charge in [0, 0.05) is 25.0 Å². The zero-order valence-electron chi connectivity index (χ0n) is 15.6. The Balaban J connectivity index is 2.09. The van der Waals surface area contributed by atoms with Crippen molar-refractivity contribution >= 4 is 16.7 Å². The van der Waals surface area contributed by atoms with Crippen LogP contribution in [0, 0.1) is 0 Å². The van der Waals surface area contributed by atoms with E-state index in [1.54, 1.807) is 13.1 Å². The fourth-order valence-electron chi connectivity index (χ4n) is 3.11. The first-order valence-corrected chi connectivity index (χ1v) is 8.92. The van der Waals surface area contributed by atoms with Crippen molar-refractivity contribution in [2.24, 2.45) is 7.05 Å². The second-order valence-corrected chi connectivity index (χ2v) is 6.46. The van der Waals surface area contributed by atoms with E-state index in [0.717, 1.165) is 31.4 Å². The Morgan fingerprint density at radius 3 is 2.60 bits per heavy atom. The molecule has 0 radical (unpaired) electrons. The molecule has 0 spiro atoms. The second kappa shape index (κ2) is 8.76. The molecule has 0 aliphatic carbocycles. The average molecular weight is 344 g/mol. The number of amides is 1. The highest BCUT2D eigenvalue weighted by molar-refractivity contribution is 5.88. The van der Waals surface area contributed by atoms with E-state index in [2.05, 4.69) is 29.2 Å². The summed E-state index contributed by atoms with van der Waals surface area (Å²) in [7, 11) is 1.61. The van der Waals surface area contributed by atoms with Gasteiger partial charge in [0.2, 0.25) is 5.91 Å². The molecule has 1 amide bonds. The molecule has 0 bridgehead atoms. The van der Waals surface area contributed by atoms with Crippen molar-refractivity contribution in [3.63, 3.8) is 0 Å². The summed E-state index contributed by atoms with van der Waals surface area (Å²) in [6.07, 6.45) is 1.27. The van der Waals surface area contributed by atoms with Crippen LogP contribution in [0.4, 0.5) is 0 Å². The van der Waals surface area contributed by atoms with Crippen LogP contribution in [0.25, 0.3) is 10.8 Å². The Kier molecular flexibility index (Phi) is 6.70. The van der Waals surface area contributed by atoms with Crippen LogP contribution in [-0.2, 0) is 18.3 Å². The summed E-state index contributed by atoms with van der Waals surface area (Å²) in [6.45, 7) is 9.14. The normalized spacial score (nSPS) is 12.5. The van der Waals surface area contributed by atoms with Gasteiger partial charge in [-0.3, -0.25) is 9.59 Å². The van der Waals surface area contributed by atoms with Gasteiger partial charge in [0.25, 0.3) is 5.56 Å². The summed E-state index contributed by atoms with van der Waals surface area (Å²) in [6, 6.07) is 7.36. The standard InChI is InChI=1S/C19H28N4O2/c1-5-11-23(6-2)13-14(3)20-18(24)12-17-15-9-7-8-10-16(15)19(25)22(4)21-17/h7-10,14H,5-6,11-13H2,1-4H3,(H,20,24)/t14-/m0/s1. The summed E-state index contributed by atoms with van der Waals surface area (Å²) in [5, 5.41) is 8.67. The molecule has 0 fully saturated rings. The number of carbonyl (C=O) groups is 1. The van der Waals surface area contributed by atoms with Crippen LogP contribution in [0.2, 0.25) is 0 Å². The van der Waals surface area contributed by atoms with Gasteiger partial charge in [-0.1, -0.05) is 32.0 Å². The molecule has 1 heterocycles. The van der Waals surface area contributed by atoms with Crippen LogP contribution < -0.4 is 10.9 Å². The van der Waals surface area contributed by atoms with Crippen LogP contribution in [0.15, 0.2) is 29.1 Å². The predicted octanol–water partition coefficient (Wildman–Crippen LogP) is 1.71. The Labute approximate surface area is 148 Å². The first-order valence-electron chi connectivity index (χ1n) is 8.92. The molecule has 0 aliphatic heterocycles. The van der Waals surface area contributed by atoms with E-state index < -0.39 is 0 Å². The lowest BCUT2D eigenvalue weighted by Gasteiger charge is -2.24. The largest absolute Gasteiger partial charge is 0.352 e. The zero-order chi connectivity index (χ0) is 18.4. The number of carbonyl (C=O) groups excluding carboxylic acids is 1. The van der Waals surface area contributed by atoms with Crippen molar-refractivity contribution < 1.29 is 4.79 Å². The number of hydrogen-bond donors (Lipinski definition) is 1. The first kappa shape index (κ1) is 19.1. The Bertz CT molecular complexity index is 785. The van der Waals surface area contributed by atoms with Crippen LogP contribution >= 0.6 is 0 Å². The van der Waals surface area contributed by atoms with Crippen molar-refractivity contribution in [3.05, 3.63) is 40.3 Å². The molecule has 1 atom stereocenters. The highest BCUT2D eigenvalue weighted by Gasteiger charge is 2.15. The van der Waals surface area contributed by atoms with Gasteiger partial charge in [-0.2, -0.15) is 5.10 Å². The molecule has 6 heteroatoms. The van der Waals surface area contributed by atoms with Crippen LogP contribution in [0.1, 0.15) is 32.9 Å². The summed E-state index contributed by atoms with van der Waals surface area (Å²) >= 11 is 0. The SMILES string of the molecule is CCCN(CC)C[C@H](C)NC(=O)Cc1nn(C)c(=O)c2ccccc12. The van der Waals surface area contributed by atoms with Gasteiger partial charge in [-0.25, -0.2) is 4.68 Å². The molecule has 0 aliphatic rings. The Morgan fingerprint density at radius 2 is 1.96 bits per heavy atom. The van der Waals surface area contributed by atoms with E-state index in [1.807, 2.05) is 25.1 Å². The smallest absolute Gasteiger partial charge is 0.274 e. The third-order valence-corrected chi connectivity index (χ3v) is 4.29. The van der Waals surface area contributed by atoms with Crippen molar-refractivity contribution in [2.45, 2.75) is 39.7 Å². The topological polar surface area (TPSA) is 67.2 Å². The lowest BCUT2D eigenvalue weighted by atomic mass is 10.1. The lowest BCUT2D eigenvalue weighted by molar-refractivity contribution is -0.121. The highest BCUT2D eigenvalue weighted by Crippen LogP contribution is 2.13. The third-order valence-electron chi connectivity index (χ3n) is 4.29. The quantitative estimate of drug-likeness (QED) is 0.792.